The van der Waals surface area contributed by atoms with Gasteiger partial charge in [-0.2, -0.15) is 0 Å². The van der Waals surface area contributed by atoms with Crippen LogP contribution in [-0.2, 0) is 25.7 Å². The Morgan fingerprint density at radius 1 is 1.08 bits per heavy atom. The molecule has 0 aliphatic heterocycles. The van der Waals surface area contributed by atoms with Crippen molar-refractivity contribution in [2.75, 3.05) is 13.1 Å². The summed E-state index contributed by atoms with van der Waals surface area (Å²) >= 11 is 0. The van der Waals surface area contributed by atoms with Crippen LogP contribution in [0.3, 0.4) is 0 Å². The lowest BCUT2D eigenvalue weighted by Gasteiger charge is -2.19. The van der Waals surface area contributed by atoms with Gasteiger partial charge in [0.1, 0.15) is 12.2 Å². The fourth-order valence-corrected chi connectivity index (χ4v) is 1.90. The summed E-state index contributed by atoms with van der Waals surface area (Å²) in [5.74, 6) is -1.09. The minimum atomic E-state index is -0.581. The molecule has 2 amide bonds. The van der Waals surface area contributed by atoms with Crippen LogP contribution >= 0.6 is 0 Å². The molecule has 2 N–H and O–H groups in total. The fraction of sp³-hybridized carbons (Fsp3) is 0.526. The first-order valence-electron chi connectivity index (χ1n) is 8.61. The minimum absolute atomic E-state index is 0.102. The number of hydrogen-bond acceptors (Lipinski definition) is 5. The van der Waals surface area contributed by atoms with Gasteiger partial charge in [-0.25, -0.2) is 4.79 Å². The molecule has 0 fully saturated rings. The number of esters is 1. The van der Waals surface area contributed by atoms with Gasteiger partial charge < -0.3 is 20.1 Å². The second kappa shape index (κ2) is 10.4. The summed E-state index contributed by atoms with van der Waals surface area (Å²) in [6.45, 7) is 7.52. The minimum Gasteiger partial charge on any atom is -0.461 e. The molecule has 0 aliphatic carbocycles. The van der Waals surface area contributed by atoms with E-state index in [1.54, 1.807) is 27.7 Å². The number of carbonyl (C=O) groups is 3. The molecule has 1 rings (SSSR count). The highest BCUT2D eigenvalue weighted by Crippen LogP contribution is 2.06. The van der Waals surface area contributed by atoms with E-state index >= 15 is 0 Å². The van der Waals surface area contributed by atoms with Crippen molar-refractivity contribution < 1.29 is 23.9 Å². The number of ether oxygens (including phenoxy) is 2. The van der Waals surface area contributed by atoms with Crippen LogP contribution in [0.1, 0.15) is 39.7 Å². The molecule has 0 saturated carbocycles. The third kappa shape index (κ3) is 9.66. The highest BCUT2D eigenvalue weighted by molar-refractivity contribution is 5.78. The molecule has 0 radical (unpaired) electrons. The fourth-order valence-electron chi connectivity index (χ4n) is 1.90. The number of amides is 2. The molecular weight excluding hydrogens is 336 g/mol. The molecule has 0 heterocycles. The van der Waals surface area contributed by atoms with Crippen LogP contribution in [0, 0.1) is 5.92 Å². The Morgan fingerprint density at radius 3 is 2.35 bits per heavy atom. The zero-order valence-electron chi connectivity index (χ0n) is 15.8. The van der Waals surface area contributed by atoms with Gasteiger partial charge in [-0.3, -0.25) is 9.59 Å². The predicted molar refractivity (Wildman–Crippen MR) is 97.3 cm³/mol. The lowest BCUT2D eigenvalue weighted by atomic mass is 10.2. The number of nitrogens with one attached hydrogen (secondary N) is 2. The molecule has 7 nitrogen and oxygen atoms in total. The lowest BCUT2D eigenvalue weighted by Crippen LogP contribution is -2.36. The van der Waals surface area contributed by atoms with E-state index in [-0.39, 0.29) is 38.0 Å². The van der Waals surface area contributed by atoms with Crippen LogP contribution in [0.15, 0.2) is 30.3 Å². The van der Waals surface area contributed by atoms with Gasteiger partial charge in [-0.1, -0.05) is 37.3 Å². The molecule has 0 aliphatic rings. The average molecular weight is 364 g/mol. The molecular formula is C19H28N2O5. The van der Waals surface area contributed by atoms with E-state index in [0.29, 0.717) is 0 Å². The van der Waals surface area contributed by atoms with Crippen LogP contribution in [-0.4, -0.2) is 36.7 Å². The highest BCUT2D eigenvalue weighted by Gasteiger charge is 2.17. The quantitative estimate of drug-likeness (QED) is 0.691. The first kappa shape index (κ1) is 21.5. The van der Waals surface area contributed by atoms with E-state index in [0.717, 1.165) is 5.56 Å². The van der Waals surface area contributed by atoms with Crippen LogP contribution in [0.5, 0.6) is 0 Å². The second-order valence-corrected chi connectivity index (χ2v) is 6.98. The third-order valence-corrected chi connectivity index (χ3v) is 3.25. The van der Waals surface area contributed by atoms with E-state index in [2.05, 4.69) is 10.6 Å². The second-order valence-electron chi connectivity index (χ2n) is 6.98. The Bertz CT molecular complexity index is 596. The molecule has 1 aromatic carbocycles. The largest absolute Gasteiger partial charge is 0.461 e. The van der Waals surface area contributed by atoms with Crippen molar-refractivity contribution in [2.45, 2.75) is 46.3 Å². The lowest BCUT2D eigenvalue weighted by molar-refractivity contribution is -0.149. The standard InChI is InChI=1S/C19H28N2O5/c1-14(17(23)25-13-15-8-6-5-7-9-15)12-21-16(22)10-11-20-18(24)26-19(2,3)4/h5-9,14H,10-13H2,1-4H3,(H,20,24)(H,21,22). The van der Waals surface area contributed by atoms with Gasteiger partial charge in [0.05, 0.1) is 5.92 Å². The SMILES string of the molecule is CC(CNC(=O)CCNC(=O)OC(C)(C)C)C(=O)OCc1ccccc1. The maximum atomic E-state index is 11.9. The normalized spacial score (nSPS) is 12.0. The van der Waals surface area contributed by atoms with Crippen molar-refractivity contribution in [3.05, 3.63) is 35.9 Å². The van der Waals surface area contributed by atoms with Crippen molar-refractivity contribution in [1.82, 2.24) is 10.6 Å². The molecule has 0 saturated heterocycles. The number of rotatable bonds is 8. The van der Waals surface area contributed by atoms with E-state index in [1.807, 2.05) is 30.3 Å². The molecule has 26 heavy (non-hydrogen) atoms. The average Bonchev–Trinajstić information content (AvgIpc) is 2.56. The Labute approximate surface area is 154 Å². The van der Waals surface area contributed by atoms with Crippen LogP contribution in [0.2, 0.25) is 0 Å². The topological polar surface area (TPSA) is 93.7 Å². The first-order valence-corrected chi connectivity index (χ1v) is 8.61. The smallest absolute Gasteiger partial charge is 0.407 e. The van der Waals surface area contributed by atoms with Crippen molar-refractivity contribution in [3.63, 3.8) is 0 Å². The molecule has 144 valence electrons. The van der Waals surface area contributed by atoms with Gasteiger partial charge in [0, 0.05) is 19.5 Å². The number of hydrogen-bond donors (Lipinski definition) is 2. The number of alkyl carbamates (subject to hydrolysis) is 1. The zero-order valence-corrected chi connectivity index (χ0v) is 15.8. The van der Waals surface area contributed by atoms with Gasteiger partial charge in [-0.15, -0.1) is 0 Å². The summed E-state index contributed by atoms with van der Waals surface area (Å²) in [5.41, 5.74) is 0.326. The Hall–Kier alpha value is -2.57. The number of carbonyl (C=O) groups excluding carboxylic acids is 3. The maximum Gasteiger partial charge on any atom is 0.407 e. The van der Waals surface area contributed by atoms with Crippen LogP contribution < -0.4 is 10.6 Å². The van der Waals surface area contributed by atoms with Crippen molar-refractivity contribution in [1.29, 1.82) is 0 Å². The van der Waals surface area contributed by atoms with Crippen LogP contribution in [0.4, 0.5) is 4.79 Å². The maximum absolute atomic E-state index is 11.9. The summed E-state index contributed by atoms with van der Waals surface area (Å²) in [6, 6.07) is 9.38. The predicted octanol–water partition coefficient (Wildman–Crippen LogP) is 2.40. The molecule has 1 atom stereocenters. The molecule has 0 aromatic heterocycles. The first-order chi connectivity index (χ1) is 12.2. The van der Waals surface area contributed by atoms with E-state index in [1.165, 1.54) is 0 Å². The van der Waals surface area contributed by atoms with Crippen molar-refractivity contribution in [2.24, 2.45) is 5.92 Å². The number of benzene rings is 1. The van der Waals surface area contributed by atoms with Crippen molar-refractivity contribution in [3.8, 4) is 0 Å². The molecule has 0 bridgehead atoms. The summed E-state index contributed by atoms with van der Waals surface area (Å²) < 4.78 is 10.3. The van der Waals surface area contributed by atoms with E-state index in [9.17, 15) is 14.4 Å². The van der Waals surface area contributed by atoms with Gasteiger partial charge in [0.25, 0.3) is 0 Å². The summed E-state index contributed by atoms with van der Waals surface area (Å²) in [6.07, 6.45) is -0.464. The zero-order chi connectivity index (χ0) is 19.6. The Morgan fingerprint density at radius 2 is 1.73 bits per heavy atom. The monoisotopic (exact) mass is 364 g/mol. The summed E-state index contributed by atoms with van der Waals surface area (Å²) in [7, 11) is 0. The Balaban J connectivity index is 2.18. The van der Waals surface area contributed by atoms with Gasteiger partial charge in [0.2, 0.25) is 5.91 Å². The Kier molecular flexibility index (Phi) is 8.61. The van der Waals surface area contributed by atoms with Gasteiger partial charge >= 0.3 is 12.1 Å². The summed E-state index contributed by atoms with van der Waals surface area (Å²) in [4.78, 5) is 35.1. The van der Waals surface area contributed by atoms with E-state index < -0.39 is 17.6 Å². The molecule has 7 heteroatoms. The van der Waals surface area contributed by atoms with Crippen LogP contribution in [0.25, 0.3) is 0 Å². The van der Waals surface area contributed by atoms with E-state index in [4.69, 9.17) is 9.47 Å². The summed E-state index contributed by atoms with van der Waals surface area (Å²) in [5, 5.41) is 5.16. The van der Waals surface area contributed by atoms with Crippen molar-refractivity contribution >= 4 is 18.0 Å². The third-order valence-electron chi connectivity index (χ3n) is 3.25. The van der Waals surface area contributed by atoms with Gasteiger partial charge in [-0.05, 0) is 26.3 Å². The molecule has 1 unspecified atom stereocenters. The molecule has 1 aromatic rings. The molecule has 0 spiro atoms. The highest BCUT2D eigenvalue weighted by atomic mass is 16.6. The van der Waals surface area contributed by atoms with Gasteiger partial charge in [0.15, 0.2) is 0 Å².